The topological polar surface area (TPSA) is 65.2 Å². The lowest BCUT2D eigenvalue weighted by molar-refractivity contribution is 0.0519. The van der Waals surface area contributed by atoms with Crippen LogP contribution in [0, 0.1) is 13.8 Å². The molecule has 0 spiro atoms. The summed E-state index contributed by atoms with van der Waals surface area (Å²) < 4.78 is 10.1. The number of oxazole rings is 1. The van der Waals surface area contributed by atoms with Crippen molar-refractivity contribution in [2.45, 2.75) is 31.0 Å². The summed E-state index contributed by atoms with van der Waals surface area (Å²) in [6, 6.07) is 3.93. The highest BCUT2D eigenvalue weighted by Gasteiger charge is 2.14. The van der Waals surface area contributed by atoms with Crippen LogP contribution in [0.5, 0.6) is 0 Å². The van der Waals surface area contributed by atoms with E-state index in [9.17, 15) is 4.79 Å². The Morgan fingerprint density at radius 3 is 2.84 bits per heavy atom. The van der Waals surface area contributed by atoms with Gasteiger partial charge in [-0.25, -0.2) is 9.78 Å². The van der Waals surface area contributed by atoms with Crippen LogP contribution >= 0.6 is 11.8 Å². The lowest BCUT2D eigenvalue weighted by atomic mass is 10.3. The van der Waals surface area contributed by atoms with Crippen molar-refractivity contribution in [2.24, 2.45) is 0 Å². The van der Waals surface area contributed by atoms with Gasteiger partial charge in [-0.3, -0.25) is 0 Å². The van der Waals surface area contributed by atoms with Crippen molar-refractivity contribution in [2.75, 3.05) is 6.61 Å². The van der Waals surface area contributed by atoms with E-state index < -0.39 is 5.97 Å². The highest BCUT2D eigenvalue weighted by atomic mass is 32.2. The zero-order valence-electron chi connectivity index (χ0n) is 11.0. The van der Waals surface area contributed by atoms with E-state index in [1.54, 1.807) is 6.92 Å². The van der Waals surface area contributed by atoms with Gasteiger partial charge >= 0.3 is 5.97 Å². The highest BCUT2D eigenvalue weighted by molar-refractivity contribution is 7.99. The van der Waals surface area contributed by atoms with Gasteiger partial charge in [0.15, 0.2) is 5.69 Å². The molecule has 6 heteroatoms. The summed E-state index contributed by atoms with van der Waals surface area (Å²) in [5, 5.41) is 1.16. The average molecular weight is 278 g/mol. The van der Waals surface area contributed by atoms with Crippen molar-refractivity contribution in [3.63, 3.8) is 0 Å². The van der Waals surface area contributed by atoms with Crippen LogP contribution in [-0.4, -0.2) is 22.5 Å². The molecule has 0 aliphatic carbocycles. The molecule has 0 N–H and O–H groups in total. The molecular weight excluding hydrogens is 264 g/mol. The lowest BCUT2D eigenvalue weighted by Crippen LogP contribution is -2.04. The number of carbonyl (C=O) groups is 1. The molecule has 0 saturated heterocycles. The van der Waals surface area contributed by atoms with Gasteiger partial charge in [0.2, 0.25) is 0 Å². The molecule has 2 aromatic heterocycles. The molecule has 2 heterocycles. The predicted octanol–water partition coefficient (Wildman–Crippen LogP) is 3.01. The number of aryl methyl sites for hydroxylation is 2. The van der Waals surface area contributed by atoms with Crippen molar-refractivity contribution in [1.29, 1.82) is 0 Å². The van der Waals surface area contributed by atoms with Gasteiger partial charge in [-0.05, 0) is 50.2 Å². The normalized spacial score (nSPS) is 10.5. The quantitative estimate of drug-likeness (QED) is 0.801. The molecule has 2 rings (SSSR count). The Kier molecular flexibility index (Phi) is 4.21. The van der Waals surface area contributed by atoms with Crippen LogP contribution in [0.4, 0.5) is 0 Å². The van der Waals surface area contributed by atoms with Crippen LogP contribution in [0.2, 0.25) is 0 Å². The van der Waals surface area contributed by atoms with Crippen molar-refractivity contribution >= 4 is 17.7 Å². The Morgan fingerprint density at radius 2 is 2.16 bits per heavy atom. The van der Waals surface area contributed by atoms with Gasteiger partial charge in [0.25, 0.3) is 5.22 Å². The molecular formula is C13H14N2O3S. The molecule has 0 radical (unpaired) electrons. The minimum atomic E-state index is -0.480. The van der Waals surface area contributed by atoms with E-state index in [4.69, 9.17) is 9.15 Å². The van der Waals surface area contributed by atoms with Gasteiger partial charge in [0.1, 0.15) is 11.3 Å². The molecule has 100 valence electrons. The maximum Gasteiger partial charge on any atom is 0.360 e. The van der Waals surface area contributed by atoms with Gasteiger partial charge in [-0.2, -0.15) is 4.98 Å². The van der Waals surface area contributed by atoms with Gasteiger partial charge in [-0.15, -0.1) is 0 Å². The number of pyridine rings is 1. The smallest absolute Gasteiger partial charge is 0.360 e. The van der Waals surface area contributed by atoms with E-state index in [1.807, 2.05) is 26.0 Å². The lowest BCUT2D eigenvalue weighted by Gasteiger charge is -2.00. The maximum absolute atomic E-state index is 11.4. The van der Waals surface area contributed by atoms with E-state index >= 15 is 0 Å². The Bertz CT molecular complexity index is 575. The summed E-state index contributed by atoms with van der Waals surface area (Å²) in [6.07, 6.45) is 1.29. The zero-order valence-corrected chi connectivity index (χ0v) is 11.8. The standard InChI is InChI=1S/C13H14N2O3S/c1-4-17-12(16)10-7-18-13(15-10)19-11-6-8(2)5-9(3)14-11/h5-7H,4H2,1-3H3. The molecule has 0 atom stereocenters. The van der Waals surface area contributed by atoms with Crippen LogP contribution in [0.3, 0.4) is 0 Å². The SMILES string of the molecule is CCOC(=O)c1coc(Sc2cc(C)cc(C)n2)n1. The van der Waals surface area contributed by atoms with E-state index in [1.165, 1.54) is 18.0 Å². The molecule has 0 bridgehead atoms. The number of aromatic nitrogens is 2. The third-order valence-electron chi connectivity index (χ3n) is 2.23. The summed E-state index contributed by atoms with van der Waals surface area (Å²) in [7, 11) is 0. The monoisotopic (exact) mass is 278 g/mol. The van der Waals surface area contributed by atoms with Gasteiger partial charge in [-0.1, -0.05) is 0 Å². The number of carbonyl (C=O) groups excluding carboxylic acids is 1. The van der Waals surface area contributed by atoms with Crippen LogP contribution in [0.1, 0.15) is 28.7 Å². The minimum Gasteiger partial charge on any atom is -0.461 e. The highest BCUT2D eigenvalue weighted by Crippen LogP contribution is 2.26. The Balaban J connectivity index is 2.13. The van der Waals surface area contributed by atoms with Crippen LogP contribution in [0.25, 0.3) is 0 Å². The van der Waals surface area contributed by atoms with Crippen molar-refractivity contribution in [3.8, 4) is 0 Å². The Labute approximate surface area is 115 Å². The van der Waals surface area contributed by atoms with E-state index in [0.717, 1.165) is 16.3 Å². The fraction of sp³-hybridized carbons (Fsp3) is 0.308. The molecule has 0 aliphatic rings. The number of hydrogen-bond donors (Lipinski definition) is 0. The molecule has 0 fully saturated rings. The first-order valence-electron chi connectivity index (χ1n) is 5.84. The largest absolute Gasteiger partial charge is 0.461 e. The summed E-state index contributed by atoms with van der Waals surface area (Å²) in [4.78, 5) is 19.9. The Hall–Kier alpha value is -1.82. The molecule has 19 heavy (non-hydrogen) atoms. The van der Waals surface area contributed by atoms with E-state index in [2.05, 4.69) is 9.97 Å². The second-order valence-corrected chi connectivity index (χ2v) is 4.92. The molecule has 0 saturated carbocycles. The van der Waals surface area contributed by atoms with E-state index in [-0.39, 0.29) is 5.69 Å². The molecule has 5 nitrogen and oxygen atoms in total. The Morgan fingerprint density at radius 1 is 1.37 bits per heavy atom. The third kappa shape index (κ3) is 3.57. The minimum absolute atomic E-state index is 0.175. The number of esters is 1. The predicted molar refractivity (Wildman–Crippen MR) is 70.3 cm³/mol. The van der Waals surface area contributed by atoms with Gasteiger partial charge < -0.3 is 9.15 Å². The molecule has 0 aliphatic heterocycles. The van der Waals surface area contributed by atoms with E-state index in [0.29, 0.717) is 11.8 Å². The van der Waals surface area contributed by atoms with Crippen molar-refractivity contribution in [3.05, 3.63) is 35.3 Å². The maximum atomic E-state index is 11.4. The average Bonchev–Trinajstić information content (AvgIpc) is 2.76. The van der Waals surface area contributed by atoms with Crippen LogP contribution in [0.15, 0.2) is 33.1 Å². The molecule has 2 aromatic rings. The van der Waals surface area contributed by atoms with Crippen LogP contribution < -0.4 is 0 Å². The van der Waals surface area contributed by atoms with Crippen molar-refractivity contribution < 1.29 is 13.9 Å². The van der Waals surface area contributed by atoms with Gasteiger partial charge in [0, 0.05) is 5.69 Å². The summed E-state index contributed by atoms with van der Waals surface area (Å²) in [5.41, 5.74) is 2.22. The van der Waals surface area contributed by atoms with Gasteiger partial charge in [0.05, 0.1) is 6.61 Å². The second-order valence-electron chi connectivity index (χ2n) is 3.95. The summed E-state index contributed by atoms with van der Waals surface area (Å²) in [6.45, 7) is 5.98. The first-order valence-corrected chi connectivity index (χ1v) is 6.66. The molecule has 0 amide bonds. The molecule has 0 aromatic carbocycles. The summed E-state index contributed by atoms with van der Waals surface area (Å²) >= 11 is 1.28. The third-order valence-corrected chi connectivity index (χ3v) is 3.01. The summed E-state index contributed by atoms with van der Waals surface area (Å²) in [5.74, 6) is -0.480. The fourth-order valence-electron chi connectivity index (χ4n) is 1.55. The zero-order chi connectivity index (χ0) is 13.8. The first-order chi connectivity index (χ1) is 9.08. The number of hydrogen-bond acceptors (Lipinski definition) is 6. The first kappa shape index (κ1) is 13.6. The number of ether oxygens (including phenoxy) is 1. The van der Waals surface area contributed by atoms with Crippen LogP contribution in [-0.2, 0) is 4.74 Å². The number of rotatable bonds is 4. The number of nitrogens with zero attached hydrogens (tertiary/aromatic N) is 2. The van der Waals surface area contributed by atoms with Crippen molar-refractivity contribution in [1.82, 2.24) is 9.97 Å². The fourth-order valence-corrected chi connectivity index (χ4v) is 2.40. The molecule has 0 unspecified atom stereocenters. The second kappa shape index (κ2) is 5.88.